The predicted molar refractivity (Wildman–Crippen MR) is 137 cm³/mol. The molecule has 1 saturated heterocycles. The summed E-state index contributed by atoms with van der Waals surface area (Å²) >= 11 is 0. The Kier molecular flexibility index (Phi) is 8.67. The van der Waals surface area contributed by atoms with Gasteiger partial charge in [0.1, 0.15) is 11.8 Å². The summed E-state index contributed by atoms with van der Waals surface area (Å²) in [6, 6.07) is 5.71. The van der Waals surface area contributed by atoms with Gasteiger partial charge in [0.25, 0.3) is 12.0 Å². The summed E-state index contributed by atoms with van der Waals surface area (Å²) in [6.45, 7) is 2.47. The maximum Gasteiger partial charge on any atom is 0.459 e. The molecule has 1 aromatic carbocycles. The largest absolute Gasteiger partial charge is 0.462 e. The molecule has 1 fully saturated rings. The number of fused-ring (bicyclic) bond motifs is 1. The molecule has 0 amide bonds. The maximum atomic E-state index is 15.5. The number of nitrogens with zero attached hydrogens (tertiary/aromatic N) is 3. The molecule has 0 bridgehead atoms. The van der Waals surface area contributed by atoms with Gasteiger partial charge >= 0.3 is 19.6 Å². The van der Waals surface area contributed by atoms with Crippen molar-refractivity contribution in [3.8, 4) is 5.75 Å². The van der Waals surface area contributed by atoms with E-state index in [9.17, 15) is 28.0 Å². The van der Waals surface area contributed by atoms with Gasteiger partial charge in [-0.3, -0.25) is 23.7 Å². The lowest BCUT2D eigenvalue weighted by molar-refractivity contribution is -0.241. The number of alkyl halides is 4. The van der Waals surface area contributed by atoms with Crippen molar-refractivity contribution in [2.75, 3.05) is 12.3 Å². The number of hydrogen-bond donors (Lipinski definition) is 4. The highest BCUT2D eigenvalue weighted by Crippen LogP contribution is 2.54. The van der Waals surface area contributed by atoms with Crippen molar-refractivity contribution in [3.05, 3.63) is 47.0 Å². The number of imidazole rings is 1. The van der Waals surface area contributed by atoms with Crippen LogP contribution >= 0.6 is 7.75 Å². The molecule has 1 aliphatic rings. The van der Waals surface area contributed by atoms with E-state index in [4.69, 9.17) is 24.3 Å². The molecule has 0 spiro atoms. The third-order valence-corrected chi connectivity index (χ3v) is 7.71. The van der Waals surface area contributed by atoms with Gasteiger partial charge in [-0.2, -0.15) is 18.9 Å². The van der Waals surface area contributed by atoms with Gasteiger partial charge in [0, 0.05) is 0 Å². The number of nitrogen functional groups attached to an aromatic ring is 1. The van der Waals surface area contributed by atoms with E-state index in [0.717, 1.165) is 6.33 Å². The number of hydrogen-bond acceptors (Lipinski definition) is 11. The number of para-hydroxylation sites is 1. The van der Waals surface area contributed by atoms with Crippen LogP contribution in [-0.4, -0.2) is 73.4 Å². The lowest BCUT2D eigenvalue weighted by Crippen LogP contribution is -2.57. The first-order valence-electron chi connectivity index (χ1n) is 12.3. The van der Waals surface area contributed by atoms with Crippen LogP contribution in [0, 0.1) is 0 Å². The van der Waals surface area contributed by atoms with Crippen LogP contribution in [0.4, 0.5) is 23.5 Å². The monoisotopic (exact) mass is 622 g/mol. The zero-order valence-corrected chi connectivity index (χ0v) is 23.1. The molecule has 4 rings (SSSR count). The molecule has 2 aromatic heterocycles. The molecular formula is C23H27F4N6O8P. The Morgan fingerprint density at radius 1 is 1.29 bits per heavy atom. The first-order valence-corrected chi connectivity index (χ1v) is 13.9. The van der Waals surface area contributed by atoms with Crippen LogP contribution in [0.5, 0.6) is 5.75 Å². The van der Waals surface area contributed by atoms with Crippen molar-refractivity contribution < 1.29 is 50.5 Å². The molecule has 19 heteroatoms. The molecule has 3 aromatic rings. The number of aromatic amines is 1. The van der Waals surface area contributed by atoms with Crippen LogP contribution in [0.15, 0.2) is 41.5 Å². The van der Waals surface area contributed by atoms with E-state index in [1.165, 1.54) is 45.0 Å². The molecule has 230 valence electrons. The Hall–Kier alpha value is -3.57. The molecule has 5 N–H and O–H groups in total. The topological polar surface area (TPSA) is 193 Å². The number of esters is 1. The third-order valence-electron chi connectivity index (χ3n) is 6.09. The van der Waals surface area contributed by atoms with E-state index in [1.54, 1.807) is 6.07 Å². The second-order valence-electron chi connectivity index (χ2n) is 9.55. The van der Waals surface area contributed by atoms with Gasteiger partial charge in [-0.25, -0.2) is 18.3 Å². The number of rotatable bonds is 11. The van der Waals surface area contributed by atoms with Crippen LogP contribution in [0.1, 0.15) is 27.0 Å². The number of anilines is 1. The van der Waals surface area contributed by atoms with Gasteiger partial charge in [0.05, 0.1) is 19.0 Å². The average molecular weight is 622 g/mol. The first kappa shape index (κ1) is 31.4. The molecule has 5 atom stereocenters. The minimum absolute atomic E-state index is 0.125. The van der Waals surface area contributed by atoms with E-state index in [2.05, 4.69) is 20.0 Å². The minimum atomic E-state index is -4.91. The zero-order valence-electron chi connectivity index (χ0n) is 22.2. The first-order chi connectivity index (χ1) is 19.6. The minimum Gasteiger partial charge on any atom is -0.462 e. The summed E-state index contributed by atoms with van der Waals surface area (Å²) in [6.07, 6.45) is -9.10. The number of benzene rings is 1. The summed E-state index contributed by atoms with van der Waals surface area (Å²) < 4.78 is 95.0. The van der Waals surface area contributed by atoms with Gasteiger partial charge in [0.15, 0.2) is 23.5 Å². The highest BCUT2D eigenvalue weighted by molar-refractivity contribution is 7.52. The lowest BCUT2D eigenvalue weighted by atomic mass is 9.95. The number of carbonyl (C=O) groups is 1. The van der Waals surface area contributed by atoms with E-state index in [0.29, 0.717) is 4.57 Å². The Bertz CT molecular complexity index is 1540. The molecule has 42 heavy (non-hydrogen) atoms. The predicted octanol–water partition coefficient (Wildman–Crippen LogP) is 2.36. The summed E-state index contributed by atoms with van der Waals surface area (Å²) in [5, 5.41) is 12.7. The van der Waals surface area contributed by atoms with E-state index in [1.807, 2.05) is 0 Å². The van der Waals surface area contributed by atoms with Gasteiger partial charge in [0.2, 0.25) is 11.5 Å². The quantitative estimate of drug-likeness (QED) is 0.139. The van der Waals surface area contributed by atoms with Gasteiger partial charge in [-0.1, -0.05) is 18.2 Å². The number of halogens is 4. The van der Waals surface area contributed by atoms with Gasteiger partial charge < -0.3 is 24.8 Å². The summed E-state index contributed by atoms with van der Waals surface area (Å²) in [5.74, 6) is -6.26. The number of nitrogens with two attached hydrogens (primary N) is 1. The normalized spacial score (nSPS) is 24.1. The van der Waals surface area contributed by atoms with Crippen LogP contribution < -0.4 is 20.9 Å². The average Bonchev–Trinajstić information content (AvgIpc) is 3.40. The summed E-state index contributed by atoms with van der Waals surface area (Å²) in [4.78, 5) is 34.0. The van der Waals surface area contributed by atoms with Crippen molar-refractivity contribution in [3.63, 3.8) is 0 Å². The van der Waals surface area contributed by atoms with Crippen LogP contribution in [0.3, 0.4) is 0 Å². The Morgan fingerprint density at radius 2 is 1.95 bits per heavy atom. The Balaban J connectivity index is 1.68. The summed E-state index contributed by atoms with van der Waals surface area (Å²) in [5.41, 5.74) is -0.127. The van der Waals surface area contributed by atoms with Crippen molar-refractivity contribution in [2.45, 2.75) is 63.2 Å². The smallest absolute Gasteiger partial charge is 0.459 e. The highest BCUT2D eigenvalue weighted by Gasteiger charge is 2.74. The van der Waals surface area contributed by atoms with Crippen LogP contribution in [0.25, 0.3) is 11.2 Å². The van der Waals surface area contributed by atoms with Crippen molar-refractivity contribution in [1.82, 2.24) is 24.6 Å². The van der Waals surface area contributed by atoms with Crippen LogP contribution in [0.2, 0.25) is 0 Å². The zero-order chi connectivity index (χ0) is 31.0. The molecule has 0 aliphatic carbocycles. The van der Waals surface area contributed by atoms with E-state index in [-0.39, 0.29) is 5.75 Å². The number of ether oxygens (including phenoxy) is 2. The fourth-order valence-corrected chi connectivity index (χ4v) is 5.55. The summed E-state index contributed by atoms with van der Waals surface area (Å²) in [7, 11) is -4.91. The van der Waals surface area contributed by atoms with Crippen molar-refractivity contribution >= 4 is 30.8 Å². The fraction of sp³-hybridized carbons (Fsp3) is 0.478. The number of H-pyrrole nitrogens is 1. The van der Waals surface area contributed by atoms with Crippen molar-refractivity contribution in [1.29, 1.82) is 0 Å². The molecule has 1 aliphatic heterocycles. The van der Waals surface area contributed by atoms with E-state index < -0.39 is 85.4 Å². The Labute approximate surface area is 234 Å². The van der Waals surface area contributed by atoms with Crippen LogP contribution in [-0.2, 0) is 23.4 Å². The number of nitrogens with one attached hydrogen (secondary N) is 2. The van der Waals surface area contributed by atoms with Gasteiger partial charge in [-0.05, 0) is 32.9 Å². The highest BCUT2D eigenvalue weighted by atomic mass is 31.2. The SMILES string of the molecule is CC(C)OC(=O)[C@H](C)NP(=O)(OC[C@@]1(C(F)F)O[C@@H](n2cnc3c(=O)[nH]c(N)nc32)[C@H](O)C1(F)F)Oc1ccccc1. The molecule has 0 saturated carbocycles. The molecule has 0 radical (unpaired) electrons. The van der Waals surface area contributed by atoms with Gasteiger partial charge in [-0.15, -0.1) is 0 Å². The van der Waals surface area contributed by atoms with E-state index >= 15 is 8.78 Å². The molecule has 3 heterocycles. The number of aliphatic hydroxyl groups is 1. The fourth-order valence-electron chi connectivity index (χ4n) is 4.03. The standard InChI is InChI=1S/C23H27F4N6O8P/c1-11(2)39-19(36)12(3)32-42(37,41-13-7-5-4-6-8-13)38-9-22(20(24)25)23(26,27)15(34)18(40-22)33-10-29-14-16(33)30-21(28)31-17(14)35/h4-8,10-12,15,18,20,34H,9H2,1-3H3,(H,32,37)(H3,28,30,31,35)/t12-,15-,18+,22-,42?/m0/s1. The molecule has 14 nitrogen and oxygen atoms in total. The van der Waals surface area contributed by atoms with Crippen molar-refractivity contribution in [2.24, 2.45) is 0 Å². The number of carbonyl (C=O) groups excluding carboxylic acids is 1. The molecular weight excluding hydrogens is 595 g/mol. The molecule has 1 unspecified atom stereocenters. The number of aliphatic hydroxyl groups excluding tert-OH is 1. The number of aromatic nitrogens is 4. The Morgan fingerprint density at radius 3 is 2.57 bits per heavy atom. The maximum absolute atomic E-state index is 15.5. The third kappa shape index (κ3) is 5.85. The second-order valence-corrected chi connectivity index (χ2v) is 11.2. The second kappa shape index (κ2) is 11.6. The lowest BCUT2D eigenvalue weighted by Gasteiger charge is -2.34.